The Labute approximate surface area is 124 Å². The molecule has 0 amide bonds. The van der Waals surface area contributed by atoms with Crippen molar-refractivity contribution in [3.8, 4) is 17.4 Å². The number of anilines is 1. The van der Waals surface area contributed by atoms with E-state index in [1.807, 2.05) is 13.0 Å². The Morgan fingerprint density at radius 2 is 2.00 bits per heavy atom. The fourth-order valence-corrected chi connectivity index (χ4v) is 2.56. The van der Waals surface area contributed by atoms with Gasteiger partial charge in [0.15, 0.2) is 5.82 Å². The highest BCUT2D eigenvalue weighted by atomic mass is 16.5. The van der Waals surface area contributed by atoms with Crippen molar-refractivity contribution >= 4 is 5.95 Å². The van der Waals surface area contributed by atoms with E-state index in [1.165, 1.54) is 24.8 Å². The van der Waals surface area contributed by atoms with E-state index in [9.17, 15) is 0 Å². The van der Waals surface area contributed by atoms with Gasteiger partial charge in [-0.15, -0.1) is 0 Å². The average molecular weight is 284 g/mol. The van der Waals surface area contributed by atoms with Crippen molar-refractivity contribution in [2.45, 2.75) is 32.1 Å². The number of hydrogen-bond donors (Lipinski definition) is 1. The van der Waals surface area contributed by atoms with Crippen molar-refractivity contribution < 1.29 is 4.74 Å². The van der Waals surface area contributed by atoms with E-state index in [4.69, 9.17) is 4.74 Å². The summed E-state index contributed by atoms with van der Waals surface area (Å²) in [4.78, 5) is 13.2. The summed E-state index contributed by atoms with van der Waals surface area (Å²) in [5, 5.41) is 2.97. The van der Waals surface area contributed by atoms with Crippen molar-refractivity contribution in [1.29, 1.82) is 0 Å². The number of nitrogens with one attached hydrogen (secondary N) is 1. The molecule has 0 saturated heterocycles. The number of nitrogens with zero attached hydrogens (tertiary/aromatic N) is 3. The molecule has 2 aromatic rings. The maximum atomic E-state index is 5.45. The lowest BCUT2D eigenvalue weighted by Crippen LogP contribution is -2.11. The molecule has 110 valence electrons. The molecule has 1 aromatic heterocycles. The van der Waals surface area contributed by atoms with Crippen LogP contribution in [0.1, 0.15) is 37.7 Å². The first-order valence-electron chi connectivity index (χ1n) is 7.47. The third-order valence-corrected chi connectivity index (χ3v) is 3.86. The Kier molecular flexibility index (Phi) is 3.99. The van der Waals surface area contributed by atoms with Crippen molar-refractivity contribution in [3.63, 3.8) is 0 Å². The molecule has 0 unspecified atom stereocenters. The Bertz CT molecular complexity index is 625. The van der Waals surface area contributed by atoms with E-state index in [0.717, 1.165) is 5.56 Å². The normalized spacial score (nSPS) is 14.6. The molecule has 0 bridgehead atoms. The fourth-order valence-electron chi connectivity index (χ4n) is 2.56. The van der Waals surface area contributed by atoms with Crippen LogP contribution in [-0.2, 0) is 0 Å². The summed E-state index contributed by atoms with van der Waals surface area (Å²) in [6.07, 6.45) is 3.81. The van der Waals surface area contributed by atoms with E-state index in [-0.39, 0.29) is 0 Å². The Morgan fingerprint density at radius 3 is 2.67 bits per heavy atom. The van der Waals surface area contributed by atoms with Crippen LogP contribution in [0.3, 0.4) is 0 Å². The molecule has 0 atom stereocenters. The SMILES string of the molecule is CCOc1nc(NC)nc(-c2ccccc2C2CCC2)n1. The first kappa shape index (κ1) is 13.8. The van der Waals surface area contributed by atoms with Crippen molar-refractivity contribution in [1.82, 2.24) is 15.0 Å². The quantitative estimate of drug-likeness (QED) is 0.913. The minimum atomic E-state index is 0.371. The van der Waals surface area contributed by atoms with Gasteiger partial charge in [0.25, 0.3) is 0 Å². The zero-order valence-corrected chi connectivity index (χ0v) is 12.5. The monoisotopic (exact) mass is 284 g/mol. The summed E-state index contributed by atoms with van der Waals surface area (Å²) in [5.41, 5.74) is 2.42. The molecule has 1 aromatic carbocycles. The third kappa shape index (κ3) is 2.82. The third-order valence-electron chi connectivity index (χ3n) is 3.86. The van der Waals surface area contributed by atoms with E-state index < -0.39 is 0 Å². The summed E-state index contributed by atoms with van der Waals surface area (Å²) in [7, 11) is 1.80. The standard InChI is InChI=1S/C16H20N4O/c1-3-21-16-19-14(18-15(17-2)20-16)13-10-5-4-9-12(13)11-7-6-8-11/h4-5,9-11H,3,6-8H2,1-2H3,(H,17,18,19,20). The van der Waals surface area contributed by atoms with Crippen LogP contribution in [0.2, 0.25) is 0 Å². The molecule has 1 aliphatic rings. The van der Waals surface area contributed by atoms with Gasteiger partial charge in [-0.2, -0.15) is 15.0 Å². The topological polar surface area (TPSA) is 59.9 Å². The number of ether oxygens (including phenoxy) is 1. The van der Waals surface area contributed by atoms with Gasteiger partial charge in [-0.25, -0.2) is 0 Å². The van der Waals surface area contributed by atoms with Gasteiger partial charge in [-0.05, 0) is 31.2 Å². The summed E-state index contributed by atoms with van der Waals surface area (Å²) >= 11 is 0. The molecule has 1 fully saturated rings. The second kappa shape index (κ2) is 6.08. The van der Waals surface area contributed by atoms with E-state index in [1.54, 1.807) is 7.05 Å². The summed E-state index contributed by atoms with van der Waals surface area (Å²) < 4.78 is 5.45. The van der Waals surface area contributed by atoms with Gasteiger partial charge in [0.1, 0.15) is 0 Å². The predicted molar refractivity (Wildman–Crippen MR) is 82.6 cm³/mol. The zero-order chi connectivity index (χ0) is 14.7. The van der Waals surface area contributed by atoms with Crippen LogP contribution in [-0.4, -0.2) is 28.6 Å². The van der Waals surface area contributed by atoms with Crippen LogP contribution >= 0.6 is 0 Å². The van der Waals surface area contributed by atoms with Gasteiger partial charge in [-0.1, -0.05) is 30.7 Å². The Morgan fingerprint density at radius 1 is 1.19 bits per heavy atom. The predicted octanol–water partition coefficient (Wildman–Crippen LogP) is 3.25. The van der Waals surface area contributed by atoms with Crippen molar-refractivity contribution in [2.75, 3.05) is 19.0 Å². The fraction of sp³-hybridized carbons (Fsp3) is 0.438. The van der Waals surface area contributed by atoms with Crippen LogP contribution < -0.4 is 10.1 Å². The minimum absolute atomic E-state index is 0.371. The van der Waals surface area contributed by atoms with Crippen molar-refractivity contribution in [3.05, 3.63) is 29.8 Å². The van der Waals surface area contributed by atoms with Crippen molar-refractivity contribution in [2.24, 2.45) is 0 Å². The molecule has 0 spiro atoms. The van der Waals surface area contributed by atoms with Crippen LogP contribution in [0.15, 0.2) is 24.3 Å². The molecule has 0 radical (unpaired) electrons. The lowest BCUT2D eigenvalue weighted by atomic mass is 9.78. The highest BCUT2D eigenvalue weighted by Gasteiger charge is 2.23. The lowest BCUT2D eigenvalue weighted by molar-refractivity contribution is 0.312. The highest BCUT2D eigenvalue weighted by Crippen LogP contribution is 2.40. The maximum absolute atomic E-state index is 5.45. The molecule has 1 saturated carbocycles. The summed E-state index contributed by atoms with van der Waals surface area (Å²) in [6.45, 7) is 2.46. The smallest absolute Gasteiger partial charge is 0.321 e. The molecular weight excluding hydrogens is 264 g/mol. The average Bonchev–Trinajstić information content (AvgIpc) is 2.46. The largest absolute Gasteiger partial charge is 0.464 e. The van der Waals surface area contributed by atoms with Crippen LogP contribution in [0, 0.1) is 0 Å². The lowest BCUT2D eigenvalue weighted by Gasteiger charge is -2.27. The number of aromatic nitrogens is 3. The first-order valence-corrected chi connectivity index (χ1v) is 7.47. The van der Waals surface area contributed by atoms with E-state index >= 15 is 0 Å². The van der Waals surface area contributed by atoms with Gasteiger partial charge in [0.2, 0.25) is 5.95 Å². The van der Waals surface area contributed by atoms with Crippen LogP contribution in [0.5, 0.6) is 6.01 Å². The molecule has 0 aliphatic heterocycles. The first-order chi connectivity index (χ1) is 10.3. The Balaban J connectivity index is 2.05. The zero-order valence-electron chi connectivity index (χ0n) is 12.5. The minimum Gasteiger partial charge on any atom is -0.464 e. The summed E-state index contributed by atoms with van der Waals surface area (Å²) in [6, 6.07) is 8.75. The molecule has 1 aliphatic carbocycles. The van der Waals surface area contributed by atoms with E-state index in [2.05, 4.69) is 38.5 Å². The molecule has 5 heteroatoms. The van der Waals surface area contributed by atoms with Crippen LogP contribution in [0.4, 0.5) is 5.95 Å². The molecule has 1 N–H and O–H groups in total. The Hall–Kier alpha value is -2.17. The molecule has 5 nitrogen and oxygen atoms in total. The number of rotatable bonds is 5. The van der Waals surface area contributed by atoms with Gasteiger partial charge < -0.3 is 10.1 Å². The molecular formula is C16H20N4O. The van der Waals surface area contributed by atoms with E-state index in [0.29, 0.717) is 30.3 Å². The number of hydrogen-bond acceptors (Lipinski definition) is 5. The maximum Gasteiger partial charge on any atom is 0.321 e. The van der Waals surface area contributed by atoms with Crippen LogP contribution in [0.25, 0.3) is 11.4 Å². The highest BCUT2D eigenvalue weighted by molar-refractivity contribution is 5.62. The molecule has 21 heavy (non-hydrogen) atoms. The van der Waals surface area contributed by atoms with Gasteiger partial charge >= 0.3 is 6.01 Å². The van der Waals surface area contributed by atoms with Gasteiger partial charge in [-0.3, -0.25) is 0 Å². The van der Waals surface area contributed by atoms with Gasteiger partial charge in [0.05, 0.1) is 6.61 Å². The second-order valence-electron chi connectivity index (χ2n) is 5.16. The molecule has 3 rings (SSSR count). The van der Waals surface area contributed by atoms with Gasteiger partial charge in [0, 0.05) is 12.6 Å². The molecule has 1 heterocycles. The number of benzene rings is 1. The second-order valence-corrected chi connectivity index (χ2v) is 5.16. The summed E-state index contributed by atoms with van der Waals surface area (Å²) in [5.74, 6) is 1.85.